The first kappa shape index (κ1) is 20.8. The molecule has 0 radical (unpaired) electrons. The molecule has 1 aromatic heterocycles. The normalized spacial score (nSPS) is 24.5. The molecule has 1 aliphatic carbocycles. The van der Waals surface area contributed by atoms with Gasteiger partial charge in [0.1, 0.15) is 0 Å². The predicted molar refractivity (Wildman–Crippen MR) is 121 cm³/mol. The van der Waals surface area contributed by atoms with Crippen LogP contribution in [0.15, 0.2) is 12.1 Å². The highest BCUT2D eigenvalue weighted by Crippen LogP contribution is 2.38. The second-order valence-corrected chi connectivity index (χ2v) is 10.8. The van der Waals surface area contributed by atoms with Crippen molar-refractivity contribution in [3.63, 3.8) is 0 Å². The van der Waals surface area contributed by atoms with E-state index in [1.807, 2.05) is 0 Å². The Hall–Kier alpha value is -0.420. The second kappa shape index (κ2) is 10.1. The van der Waals surface area contributed by atoms with E-state index >= 15 is 0 Å². The van der Waals surface area contributed by atoms with E-state index < -0.39 is 0 Å². The Morgan fingerprint density at radius 3 is 2.36 bits per heavy atom. The third kappa shape index (κ3) is 5.38. The van der Waals surface area contributed by atoms with Crippen LogP contribution in [0.5, 0.6) is 0 Å². The summed E-state index contributed by atoms with van der Waals surface area (Å²) >= 11 is 2.10. The minimum atomic E-state index is 0.861. The fourth-order valence-corrected chi connectivity index (χ4v) is 6.89. The van der Waals surface area contributed by atoms with Crippen LogP contribution in [0.1, 0.15) is 74.0 Å². The summed E-state index contributed by atoms with van der Waals surface area (Å²) in [7, 11) is 2.27. The van der Waals surface area contributed by atoms with Crippen molar-refractivity contribution in [3.05, 3.63) is 21.9 Å². The summed E-state index contributed by atoms with van der Waals surface area (Å²) in [5.41, 5.74) is 0. The van der Waals surface area contributed by atoms with E-state index in [1.54, 1.807) is 9.75 Å². The molecule has 3 nitrogen and oxygen atoms in total. The Labute approximate surface area is 177 Å². The minimum Gasteiger partial charge on any atom is -0.306 e. The first-order valence-electron chi connectivity index (χ1n) is 11.9. The smallest absolute Gasteiger partial charge is 0.0328 e. The van der Waals surface area contributed by atoms with Crippen molar-refractivity contribution in [3.8, 4) is 0 Å². The van der Waals surface area contributed by atoms with E-state index in [4.69, 9.17) is 0 Å². The van der Waals surface area contributed by atoms with Crippen LogP contribution in [0.2, 0.25) is 0 Å². The molecule has 0 spiro atoms. The number of nitrogens with zero attached hydrogens (tertiary/aromatic N) is 3. The maximum atomic E-state index is 2.81. The molecule has 3 fully saturated rings. The lowest BCUT2D eigenvalue weighted by molar-refractivity contribution is 0.0747. The Kier molecular flexibility index (Phi) is 7.49. The van der Waals surface area contributed by atoms with E-state index in [0.29, 0.717) is 0 Å². The number of hydrogen-bond acceptors (Lipinski definition) is 4. The first-order chi connectivity index (χ1) is 13.7. The standard InChI is InChI=1S/C24H41N3S/c1-3-26(19-23-8-9-24(28-23)21-6-4-5-7-21)18-20-10-16-27(17-11-20)22-12-14-25(2)15-13-22/h8-9,20-22H,3-7,10-19H2,1-2H3. The van der Waals surface area contributed by atoms with Gasteiger partial charge >= 0.3 is 0 Å². The van der Waals surface area contributed by atoms with Crippen molar-refractivity contribution in [2.75, 3.05) is 46.3 Å². The van der Waals surface area contributed by atoms with Crippen molar-refractivity contribution in [1.82, 2.24) is 14.7 Å². The van der Waals surface area contributed by atoms with Crippen molar-refractivity contribution in [1.29, 1.82) is 0 Å². The highest BCUT2D eigenvalue weighted by atomic mass is 32.1. The van der Waals surface area contributed by atoms with Crippen LogP contribution < -0.4 is 0 Å². The molecule has 1 aromatic rings. The summed E-state index contributed by atoms with van der Waals surface area (Å²) in [5, 5.41) is 0. The fourth-order valence-electron chi connectivity index (χ4n) is 5.66. The largest absolute Gasteiger partial charge is 0.306 e. The van der Waals surface area contributed by atoms with E-state index in [9.17, 15) is 0 Å². The minimum absolute atomic E-state index is 0.861. The zero-order chi connectivity index (χ0) is 19.3. The monoisotopic (exact) mass is 403 g/mol. The van der Waals surface area contributed by atoms with E-state index in [-0.39, 0.29) is 0 Å². The number of piperidine rings is 2. The molecular weight excluding hydrogens is 362 g/mol. The molecular formula is C24H41N3S. The highest BCUT2D eigenvalue weighted by Gasteiger charge is 2.28. The zero-order valence-electron chi connectivity index (χ0n) is 18.2. The molecule has 0 N–H and O–H groups in total. The average molecular weight is 404 g/mol. The Bertz CT molecular complexity index is 578. The molecule has 158 valence electrons. The van der Waals surface area contributed by atoms with Gasteiger partial charge in [-0.25, -0.2) is 0 Å². The van der Waals surface area contributed by atoms with Gasteiger partial charge in [0.15, 0.2) is 0 Å². The third-order valence-corrected chi connectivity index (χ3v) is 8.87. The van der Waals surface area contributed by atoms with Gasteiger partial charge in [-0.2, -0.15) is 0 Å². The van der Waals surface area contributed by atoms with E-state index in [1.165, 1.54) is 97.2 Å². The van der Waals surface area contributed by atoms with Gasteiger partial charge in [-0.05, 0) is 102 Å². The number of rotatable bonds is 7. The number of hydrogen-bond donors (Lipinski definition) is 0. The van der Waals surface area contributed by atoms with Crippen LogP contribution in [-0.4, -0.2) is 67.1 Å². The zero-order valence-corrected chi connectivity index (χ0v) is 19.1. The fraction of sp³-hybridized carbons (Fsp3) is 0.833. The predicted octanol–water partition coefficient (Wildman–Crippen LogP) is 5.03. The van der Waals surface area contributed by atoms with Gasteiger partial charge in [0.05, 0.1) is 0 Å². The third-order valence-electron chi connectivity index (χ3n) is 7.64. The van der Waals surface area contributed by atoms with Gasteiger partial charge in [-0.3, -0.25) is 4.90 Å². The summed E-state index contributed by atoms with van der Waals surface area (Å²) in [6, 6.07) is 5.72. The van der Waals surface area contributed by atoms with E-state index in [0.717, 1.165) is 17.9 Å². The summed E-state index contributed by atoms with van der Waals surface area (Å²) in [4.78, 5) is 11.3. The molecule has 3 aliphatic rings. The van der Waals surface area contributed by atoms with Gasteiger partial charge in [-0.15, -0.1) is 11.3 Å². The van der Waals surface area contributed by atoms with Crippen molar-refractivity contribution < 1.29 is 0 Å². The Balaban J connectivity index is 1.22. The molecule has 3 heterocycles. The van der Waals surface area contributed by atoms with Crippen molar-refractivity contribution >= 4 is 11.3 Å². The first-order valence-corrected chi connectivity index (χ1v) is 12.8. The number of likely N-dealkylation sites (tertiary alicyclic amines) is 2. The molecule has 2 aliphatic heterocycles. The lowest BCUT2D eigenvalue weighted by atomic mass is 9.93. The highest BCUT2D eigenvalue weighted by molar-refractivity contribution is 7.12. The van der Waals surface area contributed by atoms with Gasteiger partial charge in [0, 0.05) is 28.9 Å². The summed E-state index contributed by atoms with van der Waals surface area (Å²) in [5.74, 6) is 1.77. The Morgan fingerprint density at radius 2 is 1.68 bits per heavy atom. The molecule has 0 unspecified atom stereocenters. The van der Waals surface area contributed by atoms with Gasteiger partial charge in [-0.1, -0.05) is 19.8 Å². The van der Waals surface area contributed by atoms with Crippen LogP contribution >= 0.6 is 11.3 Å². The topological polar surface area (TPSA) is 9.72 Å². The molecule has 0 atom stereocenters. The summed E-state index contributed by atoms with van der Waals surface area (Å²) in [6.07, 6.45) is 11.3. The van der Waals surface area contributed by atoms with Crippen LogP contribution in [0, 0.1) is 5.92 Å². The average Bonchev–Trinajstić information content (AvgIpc) is 3.40. The van der Waals surface area contributed by atoms with Crippen LogP contribution in [0.3, 0.4) is 0 Å². The molecule has 2 saturated heterocycles. The molecule has 28 heavy (non-hydrogen) atoms. The quantitative estimate of drug-likeness (QED) is 0.632. The molecule has 0 amide bonds. The van der Waals surface area contributed by atoms with Gasteiger partial charge in [0.2, 0.25) is 0 Å². The van der Waals surface area contributed by atoms with Crippen molar-refractivity contribution in [2.45, 2.75) is 76.8 Å². The number of thiophene rings is 1. The van der Waals surface area contributed by atoms with Crippen molar-refractivity contribution in [2.24, 2.45) is 5.92 Å². The molecule has 0 bridgehead atoms. The molecule has 4 heteroatoms. The lowest BCUT2D eigenvalue weighted by Crippen LogP contribution is -2.47. The maximum absolute atomic E-state index is 2.81. The van der Waals surface area contributed by atoms with Gasteiger partial charge in [0.25, 0.3) is 0 Å². The molecule has 4 rings (SSSR count). The molecule has 0 aromatic carbocycles. The maximum Gasteiger partial charge on any atom is 0.0328 e. The van der Waals surface area contributed by atoms with Gasteiger partial charge < -0.3 is 9.80 Å². The van der Waals surface area contributed by atoms with Crippen LogP contribution in [-0.2, 0) is 6.54 Å². The summed E-state index contributed by atoms with van der Waals surface area (Å²) in [6.45, 7) is 11.3. The van der Waals surface area contributed by atoms with E-state index in [2.05, 4.69) is 52.1 Å². The summed E-state index contributed by atoms with van der Waals surface area (Å²) < 4.78 is 0. The molecule has 1 saturated carbocycles. The lowest BCUT2D eigenvalue weighted by Gasteiger charge is -2.41. The SMILES string of the molecule is CCN(Cc1ccc(C2CCCC2)s1)CC1CCN(C2CCN(C)CC2)CC1. The Morgan fingerprint density at radius 1 is 0.964 bits per heavy atom. The van der Waals surface area contributed by atoms with Crippen LogP contribution in [0.4, 0.5) is 0 Å². The van der Waals surface area contributed by atoms with Crippen LogP contribution in [0.25, 0.3) is 0 Å². The second-order valence-electron chi connectivity index (χ2n) is 9.63.